The summed E-state index contributed by atoms with van der Waals surface area (Å²) in [5.74, 6) is 0.402. The fourth-order valence-corrected chi connectivity index (χ4v) is 3.62. The van der Waals surface area contributed by atoms with Crippen LogP contribution in [0.5, 0.6) is 5.75 Å². The van der Waals surface area contributed by atoms with E-state index in [-0.39, 0.29) is 30.4 Å². The van der Waals surface area contributed by atoms with Crippen LogP contribution in [0.1, 0.15) is 45.5 Å². The molecule has 30 heavy (non-hydrogen) atoms. The number of methoxy groups -OCH3 is 1. The number of carbonyl (C=O) groups excluding carboxylic acids is 3. The van der Waals surface area contributed by atoms with E-state index in [0.29, 0.717) is 49.5 Å². The number of hydrogen-bond donors (Lipinski definition) is 0. The second kappa shape index (κ2) is 10.1. The Hall–Kier alpha value is -3.15. The Morgan fingerprint density at radius 1 is 0.867 bits per heavy atom. The zero-order valence-corrected chi connectivity index (χ0v) is 17.6. The van der Waals surface area contributed by atoms with Crippen LogP contribution in [0.2, 0.25) is 0 Å². The summed E-state index contributed by atoms with van der Waals surface area (Å²) in [6, 6.07) is 14.6. The Bertz CT molecular complexity index is 908. The molecule has 1 aliphatic rings. The van der Waals surface area contributed by atoms with Gasteiger partial charge >= 0.3 is 0 Å². The molecule has 1 saturated heterocycles. The van der Waals surface area contributed by atoms with Crippen LogP contribution in [0.3, 0.4) is 0 Å². The van der Waals surface area contributed by atoms with Gasteiger partial charge in [0.2, 0.25) is 5.91 Å². The lowest BCUT2D eigenvalue weighted by Crippen LogP contribution is -2.37. The highest BCUT2D eigenvalue weighted by atomic mass is 16.5. The minimum absolute atomic E-state index is 0.0221. The van der Waals surface area contributed by atoms with Crippen LogP contribution < -0.4 is 4.74 Å². The normalized spacial score (nSPS) is 14.2. The number of nitrogens with zero attached hydrogens (tertiary/aromatic N) is 2. The molecule has 2 aromatic rings. The Morgan fingerprint density at radius 3 is 2.27 bits per heavy atom. The highest BCUT2D eigenvalue weighted by Gasteiger charge is 2.24. The molecule has 2 aromatic carbocycles. The van der Waals surface area contributed by atoms with Gasteiger partial charge in [0, 0.05) is 44.6 Å². The third kappa shape index (κ3) is 5.26. The van der Waals surface area contributed by atoms with E-state index in [1.807, 2.05) is 31.2 Å². The van der Waals surface area contributed by atoms with E-state index >= 15 is 0 Å². The van der Waals surface area contributed by atoms with Crippen LogP contribution in [0.15, 0.2) is 48.5 Å². The molecule has 3 rings (SSSR count). The lowest BCUT2D eigenvalue weighted by molar-refractivity contribution is -0.131. The minimum Gasteiger partial charge on any atom is -0.496 e. The third-order valence-corrected chi connectivity index (χ3v) is 5.41. The van der Waals surface area contributed by atoms with Gasteiger partial charge in [-0.1, -0.05) is 42.0 Å². The van der Waals surface area contributed by atoms with Gasteiger partial charge in [-0.3, -0.25) is 14.4 Å². The molecule has 0 N–H and O–H groups in total. The first-order valence-corrected chi connectivity index (χ1v) is 10.3. The van der Waals surface area contributed by atoms with Gasteiger partial charge in [0.25, 0.3) is 5.91 Å². The van der Waals surface area contributed by atoms with Crippen LogP contribution in [0.4, 0.5) is 0 Å². The quantitative estimate of drug-likeness (QED) is 0.688. The van der Waals surface area contributed by atoms with Crippen molar-refractivity contribution < 1.29 is 19.1 Å². The summed E-state index contributed by atoms with van der Waals surface area (Å²) >= 11 is 0. The topological polar surface area (TPSA) is 66.9 Å². The fourth-order valence-electron chi connectivity index (χ4n) is 3.62. The average molecular weight is 408 g/mol. The van der Waals surface area contributed by atoms with Crippen LogP contribution in [-0.2, 0) is 4.79 Å². The lowest BCUT2D eigenvalue weighted by Gasteiger charge is -2.23. The molecular weight excluding hydrogens is 380 g/mol. The SMILES string of the molecule is COc1ccccc1C(=O)N1CCCN(C(=O)CCC(=O)c2ccc(C)cc2)CC1. The molecule has 1 aliphatic heterocycles. The molecule has 6 nitrogen and oxygen atoms in total. The van der Waals surface area contributed by atoms with Crippen molar-refractivity contribution in [1.29, 1.82) is 0 Å². The zero-order valence-electron chi connectivity index (χ0n) is 17.6. The predicted molar refractivity (Wildman–Crippen MR) is 115 cm³/mol. The van der Waals surface area contributed by atoms with Gasteiger partial charge in [0.05, 0.1) is 12.7 Å². The molecule has 2 amide bonds. The highest BCUT2D eigenvalue weighted by molar-refractivity contribution is 5.98. The number of Topliss-reactive ketones (excluding diaryl/α,β-unsaturated/α-hetero) is 1. The van der Waals surface area contributed by atoms with E-state index in [2.05, 4.69) is 0 Å². The van der Waals surface area contributed by atoms with E-state index < -0.39 is 0 Å². The first-order valence-electron chi connectivity index (χ1n) is 10.3. The Morgan fingerprint density at radius 2 is 1.53 bits per heavy atom. The smallest absolute Gasteiger partial charge is 0.257 e. The lowest BCUT2D eigenvalue weighted by atomic mass is 10.0. The average Bonchev–Trinajstić information content (AvgIpc) is 3.03. The van der Waals surface area contributed by atoms with Gasteiger partial charge in [-0.2, -0.15) is 0 Å². The van der Waals surface area contributed by atoms with Gasteiger partial charge in [0.15, 0.2) is 5.78 Å². The predicted octanol–water partition coefficient (Wildman–Crippen LogP) is 3.34. The van der Waals surface area contributed by atoms with Crippen LogP contribution in [-0.4, -0.2) is 60.7 Å². The van der Waals surface area contributed by atoms with Gasteiger partial charge in [-0.25, -0.2) is 0 Å². The minimum atomic E-state index is -0.0868. The monoisotopic (exact) mass is 408 g/mol. The summed E-state index contributed by atoms with van der Waals surface area (Å²) in [5.41, 5.74) is 2.26. The van der Waals surface area contributed by atoms with Gasteiger partial charge in [-0.05, 0) is 25.5 Å². The van der Waals surface area contributed by atoms with Crippen molar-refractivity contribution in [2.75, 3.05) is 33.3 Å². The van der Waals surface area contributed by atoms with Gasteiger partial charge in [-0.15, -0.1) is 0 Å². The van der Waals surface area contributed by atoms with Crippen LogP contribution in [0, 0.1) is 6.92 Å². The van der Waals surface area contributed by atoms with Gasteiger partial charge in [0.1, 0.15) is 5.75 Å². The van der Waals surface area contributed by atoms with Crippen LogP contribution in [0.25, 0.3) is 0 Å². The van der Waals surface area contributed by atoms with Crippen molar-refractivity contribution in [2.45, 2.75) is 26.2 Å². The molecule has 0 aromatic heterocycles. The van der Waals surface area contributed by atoms with Gasteiger partial charge < -0.3 is 14.5 Å². The van der Waals surface area contributed by atoms with E-state index in [4.69, 9.17) is 4.74 Å². The van der Waals surface area contributed by atoms with Crippen molar-refractivity contribution in [2.24, 2.45) is 0 Å². The maximum Gasteiger partial charge on any atom is 0.257 e. The molecule has 0 radical (unpaired) electrons. The first-order chi connectivity index (χ1) is 14.5. The summed E-state index contributed by atoms with van der Waals surface area (Å²) in [5, 5.41) is 0. The molecule has 158 valence electrons. The number of benzene rings is 2. The zero-order chi connectivity index (χ0) is 21.5. The molecule has 6 heteroatoms. The van der Waals surface area contributed by atoms with E-state index in [0.717, 1.165) is 5.56 Å². The molecule has 0 spiro atoms. The molecule has 0 saturated carbocycles. The molecular formula is C24H28N2O4. The van der Waals surface area contributed by atoms with Crippen molar-refractivity contribution in [3.63, 3.8) is 0 Å². The van der Waals surface area contributed by atoms with Crippen molar-refractivity contribution >= 4 is 17.6 Å². The number of hydrogen-bond acceptors (Lipinski definition) is 4. The van der Waals surface area contributed by atoms with E-state index in [1.165, 1.54) is 0 Å². The molecule has 1 fully saturated rings. The summed E-state index contributed by atoms with van der Waals surface area (Å²) in [6.45, 7) is 4.09. The Kier molecular flexibility index (Phi) is 7.22. The first kappa shape index (κ1) is 21.6. The number of aryl methyl sites for hydroxylation is 1. The Labute approximate surface area is 177 Å². The van der Waals surface area contributed by atoms with Crippen LogP contribution >= 0.6 is 0 Å². The van der Waals surface area contributed by atoms with E-state index in [9.17, 15) is 14.4 Å². The summed E-state index contributed by atoms with van der Waals surface area (Å²) in [4.78, 5) is 41.4. The number of ketones is 1. The fraction of sp³-hybridized carbons (Fsp3) is 0.375. The second-order valence-electron chi connectivity index (χ2n) is 7.52. The summed E-state index contributed by atoms with van der Waals surface area (Å²) in [6.07, 6.45) is 1.09. The number of para-hydroxylation sites is 1. The van der Waals surface area contributed by atoms with E-state index in [1.54, 1.807) is 41.2 Å². The molecule has 0 aliphatic carbocycles. The highest BCUT2D eigenvalue weighted by Crippen LogP contribution is 2.20. The number of ether oxygens (including phenoxy) is 1. The largest absolute Gasteiger partial charge is 0.496 e. The van der Waals surface area contributed by atoms with Crippen molar-refractivity contribution in [3.05, 3.63) is 65.2 Å². The Balaban J connectivity index is 1.54. The third-order valence-electron chi connectivity index (χ3n) is 5.41. The summed E-state index contributed by atoms with van der Waals surface area (Å²) < 4.78 is 5.30. The number of carbonyl (C=O) groups is 3. The number of rotatable bonds is 6. The molecule has 1 heterocycles. The second-order valence-corrected chi connectivity index (χ2v) is 7.52. The van der Waals surface area contributed by atoms with Crippen molar-refractivity contribution in [3.8, 4) is 5.75 Å². The standard InChI is InChI=1S/C24H28N2O4/c1-18-8-10-19(11-9-18)21(27)12-13-23(28)25-14-5-15-26(17-16-25)24(29)20-6-3-4-7-22(20)30-2/h3-4,6-11H,5,12-17H2,1-2H3. The molecule has 0 atom stereocenters. The molecule has 0 bridgehead atoms. The summed E-state index contributed by atoms with van der Waals surface area (Å²) in [7, 11) is 1.55. The molecule has 0 unspecified atom stereocenters. The number of amides is 2. The maximum absolute atomic E-state index is 12.9. The maximum atomic E-state index is 12.9. The van der Waals surface area contributed by atoms with Crippen molar-refractivity contribution in [1.82, 2.24) is 9.80 Å².